The molecule has 1 aromatic carbocycles. The fourth-order valence-electron chi connectivity index (χ4n) is 4.50. The van der Waals surface area contributed by atoms with Gasteiger partial charge in [-0.15, -0.1) is 0 Å². The minimum atomic E-state index is 0.736. The number of aromatic nitrogens is 1. The molecule has 0 amide bonds. The lowest BCUT2D eigenvalue weighted by molar-refractivity contribution is 0.0155. The Kier molecular flexibility index (Phi) is 4.21. The summed E-state index contributed by atoms with van der Waals surface area (Å²) < 4.78 is 6.03. The molecule has 0 bridgehead atoms. The molecule has 4 rings (SSSR count). The van der Waals surface area contributed by atoms with Crippen LogP contribution in [0.5, 0.6) is 0 Å². The summed E-state index contributed by atoms with van der Waals surface area (Å²) in [7, 11) is 0. The maximum absolute atomic E-state index is 6.03. The van der Waals surface area contributed by atoms with E-state index in [2.05, 4.69) is 28.9 Å². The minimum absolute atomic E-state index is 0.736. The Morgan fingerprint density at radius 1 is 1.13 bits per heavy atom. The first-order chi connectivity index (χ1) is 11.3. The van der Waals surface area contributed by atoms with E-state index in [0.29, 0.717) is 0 Å². The summed E-state index contributed by atoms with van der Waals surface area (Å²) in [5.74, 6) is 3.50. The van der Waals surface area contributed by atoms with Crippen LogP contribution in [0.15, 0.2) is 40.9 Å². The number of piperidine rings is 1. The van der Waals surface area contributed by atoms with Gasteiger partial charge in [-0.05, 0) is 37.6 Å². The van der Waals surface area contributed by atoms with Gasteiger partial charge in [0.2, 0.25) is 5.89 Å². The molecule has 1 aliphatic carbocycles. The van der Waals surface area contributed by atoms with E-state index < -0.39 is 0 Å². The van der Waals surface area contributed by atoms with Crippen LogP contribution in [0, 0.1) is 11.8 Å². The topological polar surface area (TPSA) is 29.3 Å². The quantitative estimate of drug-likeness (QED) is 0.820. The molecule has 0 spiro atoms. The van der Waals surface area contributed by atoms with Crippen molar-refractivity contribution in [2.24, 2.45) is 11.8 Å². The van der Waals surface area contributed by atoms with E-state index in [4.69, 9.17) is 4.42 Å². The largest absolute Gasteiger partial charge is 0.439 e. The second-order valence-corrected chi connectivity index (χ2v) is 7.24. The molecule has 2 aliphatic rings. The average Bonchev–Trinajstić information content (AvgIpc) is 3.07. The van der Waals surface area contributed by atoms with Gasteiger partial charge in [0, 0.05) is 11.6 Å². The number of fused-ring (bicyclic) bond motifs is 1. The van der Waals surface area contributed by atoms with Crippen molar-refractivity contribution < 1.29 is 4.42 Å². The second-order valence-electron chi connectivity index (χ2n) is 7.24. The third-order valence-corrected chi connectivity index (χ3v) is 5.80. The van der Waals surface area contributed by atoms with Crippen LogP contribution < -0.4 is 0 Å². The SMILES string of the molecule is CC1CCN(Cc2ncc(-c3ccccc3)o2)C2CCCCC12. The third kappa shape index (κ3) is 3.07. The number of likely N-dealkylation sites (tertiary alicyclic amines) is 1. The van der Waals surface area contributed by atoms with Gasteiger partial charge in [0.05, 0.1) is 12.7 Å². The van der Waals surface area contributed by atoms with Gasteiger partial charge in [-0.3, -0.25) is 4.90 Å². The van der Waals surface area contributed by atoms with E-state index in [1.165, 1.54) is 38.6 Å². The molecule has 3 heteroatoms. The normalized spacial score (nSPS) is 28.5. The first kappa shape index (κ1) is 14.9. The number of benzene rings is 1. The number of hydrogen-bond donors (Lipinski definition) is 0. The summed E-state index contributed by atoms with van der Waals surface area (Å²) in [6.07, 6.45) is 8.73. The smallest absolute Gasteiger partial charge is 0.209 e. The van der Waals surface area contributed by atoms with E-state index >= 15 is 0 Å². The van der Waals surface area contributed by atoms with Gasteiger partial charge in [-0.1, -0.05) is 50.1 Å². The fourth-order valence-corrected chi connectivity index (χ4v) is 4.50. The Balaban J connectivity index is 1.48. The summed E-state index contributed by atoms with van der Waals surface area (Å²) in [5.41, 5.74) is 1.11. The first-order valence-electron chi connectivity index (χ1n) is 9.05. The lowest BCUT2D eigenvalue weighted by atomic mass is 9.72. The van der Waals surface area contributed by atoms with Gasteiger partial charge >= 0.3 is 0 Å². The predicted molar refractivity (Wildman–Crippen MR) is 91.9 cm³/mol. The van der Waals surface area contributed by atoms with E-state index in [-0.39, 0.29) is 0 Å². The number of hydrogen-bond acceptors (Lipinski definition) is 3. The molecule has 2 heterocycles. The summed E-state index contributed by atoms with van der Waals surface area (Å²) in [5, 5.41) is 0. The van der Waals surface area contributed by atoms with Crippen molar-refractivity contribution >= 4 is 0 Å². The van der Waals surface area contributed by atoms with Crippen molar-refractivity contribution in [1.82, 2.24) is 9.88 Å². The molecule has 0 radical (unpaired) electrons. The first-order valence-corrected chi connectivity index (χ1v) is 9.05. The lowest BCUT2D eigenvalue weighted by Gasteiger charge is -2.47. The van der Waals surface area contributed by atoms with E-state index in [0.717, 1.165) is 41.6 Å². The van der Waals surface area contributed by atoms with Gasteiger partial charge in [-0.25, -0.2) is 4.98 Å². The zero-order valence-corrected chi connectivity index (χ0v) is 13.9. The zero-order chi connectivity index (χ0) is 15.6. The molecule has 3 nitrogen and oxygen atoms in total. The summed E-state index contributed by atoms with van der Waals surface area (Å²) in [6, 6.07) is 11.0. The summed E-state index contributed by atoms with van der Waals surface area (Å²) >= 11 is 0. The number of nitrogens with zero attached hydrogens (tertiary/aromatic N) is 2. The molecular weight excluding hydrogens is 284 g/mol. The Labute approximate surface area is 138 Å². The number of oxazole rings is 1. The summed E-state index contributed by atoms with van der Waals surface area (Å²) in [6.45, 7) is 4.49. The monoisotopic (exact) mass is 310 g/mol. The Morgan fingerprint density at radius 3 is 2.83 bits per heavy atom. The molecule has 1 saturated heterocycles. The maximum atomic E-state index is 6.03. The molecule has 2 fully saturated rings. The van der Waals surface area contributed by atoms with Gasteiger partial charge in [0.25, 0.3) is 0 Å². The molecule has 3 unspecified atom stereocenters. The third-order valence-electron chi connectivity index (χ3n) is 5.80. The molecule has 1 saturated carbocycles. The van der Waals surface area contributed by atoms with Gasteiger partial charge in [-0.2, -0.15) is 0 Å². The highest BCUT2D eigenvalue weighted by Gasteiger charge is 2.37. The molecule has 1 aliphatic heterocycles. The van der Waals surface area contributed by atoms with Crippen molar-refractivity contribution in [1.29, 1.82) is 0 Å². The highest BCUT2D eigenvalue weighted by atomic mass is 16.4. The van der Waals surface area contributed by atoms with Gasteiger partial charge < -0.3 is 4.42 Å². The Morgan fingerprint density at radius 2 is 1.96 bits per heavy atom. The lowest BCUT2D eigenvalue weighted by Crippen LogP contribution is -2.49. The highest BCUT2D eigenvalue weighted by Crippen LogP contribution is 2.39. The van der Waals surface area contributed by atoms with Crippen LogP contribution in [0.1, 0.15) is 44.9 Å². The Bertz CT molecular complexity index is 636. The van der Waals surface area contributed by atoms with Crippen molar-refractivity contribution in [3.63, 3.8) is 0 Å². The second kappa shape index (κ2) is 6.48. The molecule has 2 aromatic rings. The minimum Gasteiger partial charge on any atom is -0.439 e. The van der Waals surface area contributed by atoms with Crippen LogP contribution in [0.3, 0.4) is 0 Å². The van der Waals surface area contributed by atoms with Gasteiger partial charge in [0.15, 0.2) is 5.76 Å². The van der Waals surface area contributed by atoms with Crippen LogP contribution in [0.2, 0.25) is 0 Å². The molecule has 1 aromatic heterocycles. The van der Waals surface area contributed by atoms with E-state index in [1.807, 2.05) is 24.4 Å². The molecule has 3 atom stereocenters. The van der Waals surface area contributed by atoms with Gasteiger partial charge in [0.1, 0.15) is 0 Å². The average molecular weight is 310 g/mol. The zero-order valence-electron chi connectivity index (χ0n) is 13.9. The van der Waals surface area contributed by atoms with Crippen LogP contribution >= 0.6 is 0 Å². The standard InChI is InChI=1S/C20H26N2O/c1-15-11-12-22(18-10-6-5-9-17(15)18)14-20-21-13-19(23-20)16-7-3-2-4-8-16/h2-4,7-8,13,15,17-18H,5-6,9-12,14H2,1H3. The van der Waals surface area contributed by atoms with Crippen molar-refractivity contribution in [2.45, 2.75) is 51.6 Å². The Hall–Kier alpha value is -1.61. The van der Waals surface area contributed by atoms with E-state index in [1.54, 1.807) is 0 Å². The van der Waals surface area contributed by atoms with Crippen molar-refractivity contribution in [3.05, 3.63) is 42.4 Å². The van der Waals surface area contributed by atoms with Crippen LogP contribution in [-0.4, -0.2) is 22.5 Å². The molecule has 122 valence electrons. The van der Waals surface area contributed by atoms with Crippen LogP contribution in [0.25, 0.3) is 11.3 Å². The van der Waals surface area contributed by atoms with Crippen molar-refractivity contribution in [2.75, 3.05) is 6.54 Å². The summed E-state index contributed by atoms with van der Waals surface area (Å²) in [4.78, 5) is 7.16. The van der Waals surface area contributed by atoms with E-state index in [9.17, 15) is 0 Å². The molecular formula is C20H26N2O. The number of rotatable bonds is 3. The van der Waals surface area contributed by atoms with Crippen LogP contribution in [-0.2, 0) is 6.54 Å². The van der Waals surface area contributed by atoms with Crippen molar-refractivity contribution in [3.8, 4) is 11.3 Å². The maximum Gasteiger partial charge on any atom is 0.209 e. The molecule has 0 N–H and O–H groups in total. The fraction of sp³-hybridized carbons (Fsp3) is 0.550. The van der Waals surface area contributed by atoms with Crippen LogP contribution in [0.4, 0.5) is 0 Å². The highest BCUT2D eigenvalue weighted by molar-refractivity contribution is 5.55. The predicted octanol–water partition coefficient (Wildman–Crippen LogP) is 4.74. The molecule has 23 heavy (non-hydrogen) atoms.